The zero-order valence-electron chi connectivity index (χ0n) is 19.9. The summed E-state index contributed by atoms with van der Waals surface area (Å²) in [5, 5.41) is 2.91. The van der Waals surface area contributed by atoms with Crippen LogP contribution in [0.15, 0.2) is 46.7 Å². The molecule has 1 fully saturated rings. The number of carbonyl (C=O) groups is 1. The van der Waals surface area contributed by atoms with Crippen LogP contribution >= 0.6 is 11.3 Å². The highest BCUT2D eigenvalue weighted by atomic mass is 32.2. The highest BCUT2D eigenvalue weighted by Crippen LogP contribution is 2.27. The number of aryl methyl sites for hydroxylation is 4. The standard InChI is InChI=1S/C25H29N3O4S2/c1-17-13-18(2)24(19(3)14-17)34(30,31)28-11-9-27(10-12-28)25(29)22-7-5-6-8-23(22)32-15-21-16-33-20(4)26-21/h5-8,13-14,16H,9-12,15H2,1-4H3. The number of hydrogen-bond donors (Lipinski definition) is 0. The Morgan fingerprint density at radius 1 is 1.03 bits per heavy atom. The van der Waals surface area contributed by atoms with Gasteiger partial charge in [0.05, 0.1) is 21.2 Å². The topological polar surface area (TPSA) is 79.8 Å². The fourth-order valence-electron chi connectivity index (χ4n) is 4.40. The summed E-state index contributed by atoms with van der Waals surface area (Å²) in [5.74, 6) is 0.337. The molecule has 0 atom stereocenters. The van der Waals surface area contributed by atoms with Crippen LogP contribution in [0.5, 0.6) is 5.75 Å². The molecule has 2 aromatic carbocycles. The van der Waals surface area contributed by atoms with Crippen molar-refractivity contribution in [2.45, 2.75) is 39.2 Å². The summed E-state index contributed by atoms with van der Waals surface area (Å²) in [7, 11) is -3.63. The predicted octanol–water partition coefficient (Wildman–Crippen LogP) is 4.10. The lowest BCUT2D eigenvalue weighted by Gasteiger charge is -2.34. The molecule has 4 rings (SSSR count). The van der Waals surface area contributed by atoms with Gasteiger partial charge in [0.1, 0.15) is 12.4 Å². The van der Waals surface area contributed by atoms with Crippen molar-refractivity contribution in [1.82, 2.24) is 14.2 Å². The number of para-hydroxylation sites is 1. The molecule has 1 aromatic heterocycles. The molecular formula is C25H29N3O4S2. The second kappa shape index (κ2) is 9.85. The molecule has 1 aliphatic rings. The van der Waals surface area contributed by atoms with Gasteiger partial charge in [0.2, 0.25) is 10.0 Å². The van der Waals surface area contributed by atoms with Crippen molar-refractivity contribution in [2.75, 3.05) is 26.2 Å². The molecule has 1 amide bonds. The highest BCUT2D eigenvalue weighted by molar-refractivity contribution is 7.89. The third kappa shape index (κ3) is 5.01. The molecule has 34 heavy (non-hydrogen) atoms. The van der Waals surface area contributed by atoms with Crippen LogP contribution in [0.1, 0.15) is 37.7 Å². The molecule has 9 heteroatoms. The zero-order valence-corrected chi connectivity index (χ0v) is 21.5. The monoisotopic (exact) mass is 499 g/mol. The molecule has 0 unspecified atom stereocenters. The number of carbonyl (C=O) groups excluding carboxylic acids is 1. The van der Waals surface area contributed by atoms with E-state index in [9.17, 15) is 13.2 Å². The number of rotatable bonds is 6. The van der Waals surface area contributed by atoms with Crippen molar-refractivity contribution in [3.8, 4) is 5.75 Å². The smallest absolute Gasteiger partial charge is 0.257 e. The van der Waals surface area contributed by atoms with Gasteiger partial charge in [-0.2, -0.15) is 4.31 Å². The number of thiazole rings is 1. The maximum atomic E-state index is 13.4. The number of aromatic nitrogens is 1. The summed E-state index contributed by atoms with van der Waals surface area (Å²) in [6.45, 7) is 8.99. The molecule has 2 heterocycles. The van der Waals surface area contributed by atoms with Gasteiger partial charge in [0, 0.05) is 31.6 Å². The first-order valence-electron chi connectivity index (χ1n) is 11.2. The Hall–Kier alpha value is -2.75. The second-order valence-corrected chi connectivity index (χ2v) is 11.5. The van der Waals surface area contributed by atoms with Crippen molar-refractivity contribution in [2.24, 2.45) is 0 Å². The molecule has 1 saturated heterocycles. The van der Waals surface area contributed by atoms with Crippen LogP contribution in [0, 0.1) is 27.7 Å². The number of benzene rings is 2. The van der Waals surface area contributed by atoms with Crippen molar-refractivity contribution < 1.29 is 17.9 Å². The van der Waals surface area contributed by atoms with Crippen molar-refractivity contribution in [3.05, 3.63) is 74.7 Å². The minimum atomic E-state index is -3.63. The van der Waals surface area contributed by atoms with E-state index in [1.165, 1.54) is 4.31 Å². The van der Waals surface area contributed by atoms with Gasteiger partial charge in [-0.1, -0.05) is 29.8 Å². The second-order valence-electron chi connectivity index (χ2n) is 8.57. The van der Waals surface area contributed by atoms with Gasteiger partial charge in [-0.25, -0.2) is 13.4 Å². The first-order chi connectivity index (χ1) is 16.2. The number of piperazine rings is 1. The zero-order chi connectivity index (χ0) is 24.5. The Balaban J connectivity index is 1.45. The van der Waals surface area contributed by atoms with E-state index in [0.29, 0.717) is 29.3 Å². The Kier molecular flexibility index (Phi) is 7.06. The van der Waals surface area contributed by atoms with Crippen LogP contribution in [0.25, 0.3) is 0 Å². The Labute approximate surface area is 205 Å². The Morgan fingerprint density at radius 3 is 2.29 bits per heavy atom. The van der Waals surface area contributed by atoms with E-state index in [0.717, 1.165) is 27.4 Å². The maximum Gasteiger partial charge on any atom is 0.257 e. The number of ether oxygens (including phenoxy) is 1. The van der Waals surface area contributed by atoms with Crippen LogP contribution < -0.4 is 4.74 Å². The normalized spacial score (nSPS) is 14.9. The molecule has 0 saturated carbocycles. The minimum Gasteiger partial charge on any atom is -0.486 e. The molecule has 180 valence electrons. The average molecular weight is 500 g/mol. The van der Waals surface area contributed by atoms with Gasteiger partial charge in [0.15, 0.2) is 0 Å². The summed E-state index contributed by atoms with van der Waals surface area (Å²) in [5.41, 5.74) is 3.83. The molecule has 1 aliphatic heterocycles. The van der Waals surface area contributed by atoms with E-state index in [1.54, 1.807) is 34.4 Å². The van der Waals surface area contributed by atoms with Crippen LogP contribution in [0.4, 0.5) is 0 Å². The number of nitrogens with zero attached hydrogens (tertiary/aromatic N) is 3. The van der Waals surface area contributed by atoms with Gasteiger partial charge in [-0.05, 0) is 51.0 Å². The van der Waals surface area contributed by atoms with Gasteiger partial charge in [0.25, 0.3) is 5.91 Å². The molecule has 0 radical (unpaired) electrons. The summed E-state index contributed by atoms with van der Waals surface area (Å²) < 4.78 is 34.1. The van der Waals surface area contributed by atoms with E-state index >= 15 is 0 Å². The molecule has 0 aliphatic carbocycles. The molecule has 7 nitrogen and oxygen atoms in total. The van der Waals surface area contributed by atoms with Crippen LogP contribution in [-0.4, -0.2) is 54.7 Å². The minimum absolute atomic E-state index is 0.162. The third-order valence-electron chi connectivity index (χ3n) is 5.89. The third-order valence-corrected chi connectivity index (χ3v) is 8.92. The van der Waals surface area contributed by atoms with Gasteiger partial charge >= 0.3 is 0 Å². The fourth-order valence-corrected chi connectivity index (χ4v) is 6.83. The lowest BCUT2D eigenvalue weighted by Crippen LogP contribution is -2.50. The van der Waals surface area contributed by atoms with E-state index in [2.05, 4.69) is 4.98 Å². The van der Waals surface area contributed by atoms with E-state index in [1.807, 2.05) is 51.3 Å². The lowest BCUT2D eigenvalue weighted by atomic mass is 10.1. The van der Waals surface area contributed by atoms with E-state index in [4.69, 9.17) is 4.74 Å². The number of hydrogen-bond acceptors (Lipinski definition) is 6. The molecule has 0 N–H and O–H groups in total. The number of amides is 1. The molecule has 0 spiro atoms. The van der Waals surface area contributed by atoms with Gasteiger partial charge in [-0.15, -0.1) is 11.3 Å². The summed E-state index contributed by atoms with van der Waals surface area (Å²) in [6, 6.07) is 10.9. The molecule has 3 aromatic rings. The van der Waals surface area contributed by atoms with E-state index < -0.39 is 10.0 Å². The lowest BCUT2D eigenvalue weighted by molar-refractivity contribution is 0.0693. The summed E-state index contributed by atoms with van der Waals surface area (Å²) >= 11 is 1.56. The van der Waals surface area contributed by atoms with Crippen LogP contribution in [0.3, 0.4) is 0 Å². The van der Waals surface area contributed by atoms with E-state index in [-0.39, 0.29) is 25.6 Å². The predicted molar refractivity (Wildman–Crippen MR) is 133 cm³/mol. The first-order valence-corrected chi connectivity index (χ1v) is 13.5. The maximum absolute atomic E-state index is 13.4. The summed E-state index contributed by atoms with van der Waals surface area (Å²) in [6.07, 6.45) is 0. The van der Waals surface area contributed by atoms with Crippen LogP contribution in [-0.2, 0) is 16.6 Å². The van der Waals surface area contributed by atoms with Gasteiger partial charge in [-0.3, -0.25) is 4.79 Å². The van der Waals surface area contributed by atoms with Crippen LogP contribution in [0.2, 0.25) is 0 Å². The van der Waals surface area contributed by atoms with Crippen molar-refractivity contribution in [3.63, 3.8) is 0 Å². The quantitative estimate of drug-likeness (QED) is 0.510. The largest absolute Gasteiger partial charge is 0.486 e. The Morgan fingerprint density at radius 2 is 1.68 bits per heavy atom. The molecule has 0 bridgehead atoms. The van der Waals surface area contributed by atoms with Gasteiger partial charge < -0.3 is 9.64 Å². The SMILES string of the molecule is Cc1cc(C)c(S(=O)(=O)N2CCN(C(=O)c3ccccc3OCc3csc(C)n3)CC2)c(C)c1. The fraction of sp³-hybridized carbons (Fsp3) is 0.360. The number of sulfonamides is 1. The highest BCUT2D eigenvalue weighted by Gasteiger charge is 2.33. The van der Waals surface area contributed by atoms with Crippen molar-refractivity contribution in [1.29, 1.82) is 0 Å². The summed E-state index contributed by atoms with van der Waals surface area (Å²) in [4.78, 5) is 19.7. The first kappa shape index (κ1) is 24.4. The molecular weight excluding hydrogens is 470 g/mol. The average Bonchev–Trinajstić information content (AvgIpc) is 3.21. The Bertz CT molecular complexity index is 1290. The van der Waals surface area contributed by atoms with Crippen molar-refractivity contribution >= 4 is 27.3 Å².